The number of carboxylic acids is 2. The molecule has 0 saturated carbocycles. The van der Waals surface area contributed by atoms with Crippen molar-refractivity contribution in [3.05, 3.63) is 123 Å². The van der Waals surface area contributed by atoms with Crippen LogP contribution in [0.5, 0.6) is 0 Å². The highest BCUT2D eigenvalue weighted by Crippen LogP contribution is 2.31. The molecule has 320 valence electrons. The van der Waals surface area contributed by atoms with Crippen LogP contribution in [0.2, 0.25) is 0 Å². The largest absolute Gasteiger partial charge is 0.479 e. The molecule has 2 aromatic heterocycles. The molecule has 3 aromatic carbocycles. The van der Waals surface area contributed by atoms with E-state index in [0.29, 0.717) is 28.8 Å². The summed E-state index contributed by atoms with van der Waals surface area (Å²) in [6, 6.07) is 17.8. The number of hydrogen-bond donors (Lipinski definition) is 4. The van der Waals surface area contributed by atoms with E-state index < -0.39 is 47.5 Å². The Hall–Kier alpha value is -5.98. The molecule has 4 N–H and O–H groups in total. The first-order valence-corrected chi connectivity index (χ1v) is 19.0. The number of aliphatic hydroxyl groups is 2. The summed E-state index contributed by atoms with van der Waals surface area (Å²) in [6.45, 7) is 4.88. The molecule has 0 bridgehead atoms. The van der Waals surface area contributed by atoms with Gasteiger partial charge in [0.05, 0.1) is 10.9 Å². The van der Waals surface area contributed by atoms with Crippen molar-refractivity contribution in [3.63, 3.8) is 0 Å². The molecule has 1 fully saturated rings. The summed E-state index contributed by atoms with van der Waals surface area (Å²) in [5.41, 5.74) is 2.26. The number of aliphatic carboxylic acids is 2. The molecule has 1 aliphatic heterocycles. The number of carbonyl (C=O) groups is 3. The molecule has 5 aromatic rings. The molecule has 0 unspecified atom stereocenters. The predicted octanol–water partition coefficient (Wildman–Crippen LogP) is 4.87. The van der Waals surface area contributed by atoms with Gasteiger partial charge in [-0.25, -0.2) is 18.4 Å². The van der Waals surface area contributed by atoms with Crippen molar-refractivity contribution >= 4 is 28.9 Å². The zero-order chi connectivity index (χ0) is 43.9. The Morgan fingerprint density at radius 3 is 2.02 bits per heavy atom. The number of carboxylic acid groups (broad SMARTS) is 2. The summed E-state index contributed by atoms with van der Waals surface area (Å²) in [7, 11) is 1.69. The van der Waals surface area contributed by atoms with Crippen LogP contribution in [0, 0.1) is 11.6 Å². The molecule has 13 nitrogen and oxygen atoms in total. The molecule has 18 heteroatoms. The number of aliphatic hydroxyl groups excluding tert-OH is 2. The number of aromatic nitrogens is 3. The second-order valence-corrected chi connectivity index (χ2v) is 14.4. The van der Waals surface area contributed by atoms with Crippen molar-refractivity contribution in [2.45, 2.75) is 70.1 Å². The van der Waals surface area contributed by atoms with Crippen LogP contribution in [-0.2, 0) is 53.5 Å². The molecule has 0 spiro atoms. The monoisotopic (exact) mass is 841 g/mol. The van der Waals surface area contributed by atoms with Crippen molar-refractivity contribution in [1.82, 2.24) is 24.1 Å². The molecule has 1 aliphatic rings. The third-order valence-electron chi connectivity index (χ3n) is 10.4. The number of pyridine rings is 1. The number of likely N-dealkylation sites (tertiary alicyclic amines) is 1. The van der Waals surface area contributed by atoms with E-state index in [1.165, 1.54) is 35.0 Å². The first-order chi connectivity index (χ1) is 28.4. The number of amides is 1. The maximum atomic E-state index is 14.5. The standard InChI is InChI=1S/C38H38F5N5O2.C4H6O6/c1-3-46-19-17-30(18-20-46)47(22-25-7-9-26(10-8-25)27-11-14-29(15-12-27)38(41,42)43)35(50)24-48-31(16-13-28-5-4-6-33(39)36(28)40)21-34(49)32-23-45(2)44-37(32)48;5-1(3(7)8)2(6)4(9)10/h4-12,14-15,21,23,30H,3,13,16-20,22,24H2,1-2H3;1-2,5-6H,(H,7,8)(H,9,10)/t;1-,2-/m.1/s1. The third kappa shape index (κ3) is 11.0. The molecular formula is C42H44F5N5O8. The maximum absolute atomic E-state index is 14.5. The summed E-state index contributed by atoms with van der Waals surface area (Å²) in [5, 5.41) is 37.4. The van der Waals surface area contributed by atoms with Gasteiger partial charge in [0.15, 0.2) is 34.9 Å². The molecule has 1 saturated heterocycles. The van der Waals surface area contributed by atoms with Crippen LogP contribution in [0.15, 0.2) is 83.8 Å². The molecular weight excluding hydrogens is 797 g/mol. The highest BCUT2D eigenvalue weighted by Gasteiger charge is 2.31. The number of carbonyl (C=O) groups excluding carboxylic acids is 1. The van der Waals surface area contributed by atoms with Crippen LogP contribution < -0.4 is 5.43 Å². The van der Waals surface area contributed by atoms with Gasteiger partial charge in [0.2, 0.25) is 5.91 Å². The fourth-order valence-corrected chi connectivity index (χ4v) is 7.00. The minimum atomic E-state index is -4.41. The van der Waals surface area contributed by atoms with Crippen LogP contribution in [0.25, 0.3) is 22.2 Å². The third-order valence-corrected chi connectivity index (χ3v) is 10.4. The van der Waals surface area contributed by atoms with Gasteiger partial charge in [0, 0.05) is 50.7 Å². The summed E-state index contributed by atoms with van der Waals surface area (Å²) in [6.07, 6.45) is -5.50. The Morgan fingerprint density at radius 1 is 0.883 bits per heavy atom. The summed E-state index contributed by atoms with van der Waals surface area (Å²) >= 11 is 0. The van der Waals surface area contributed by atoms with Crippen molar-refractivity contribution < 1.29 is 56.8 Å². The van der Waals surface area contributed by atoms with Crippen molar-refractivity contribution in [2.24, 2.45) is 7.05 Å². The van der Waals surface area contributed by atoms with E-state index in [1.54, 1.807) is 17.8 Å². The average Bonchev–Trinajstić information content (AvgIpc) is 3.63. The van der Waals surface area contributed by atoms with Gasteiger partial charge >= 0.3 is 18.1 Å². The topological polar surface area (TPSA) is 178 Å². The summed E-state index contributed by atoms with van der Waals surface area (Å²) in [4.78, 5) is 51.3. The molecule has 0 aliphatic carbocycles. The van der Waals surface area contributed by atoms with E-state index in [1.807, 2.05) is 29.2 Å². The summed E-state index contributed by atoms with van der Waals surface area (Å²) < 4.78 is 70.9. The second kappa shape index (κ2) is 19.4. The van der Waals surface area contributed by atoms with Gasteiger partial charge in [0.1, 0.15) is 6.54 Å². The molecule has 60 heavy (non-hydrogen) atoms. The molecule has 0 radical (unpaired) electrons. The van der Waals surface area contributed by atoms with Crippen molar-refractivity contribution in [2.75, 3.05) is 19.6 Å². The van der Waals surface area contributed by atoms with Gasteiger partial charge in [0.25, 0.3) is 0 Å². The van der Waals surface area contributed by atoms with Crippen LogP contribution in [0.3, 0.4) is 0 Å². The van der Waals surface area contributed by atoms with E-state index in [9.17, 15) is 41.1 Å². The molecule has 6 rings (SSSR count). The van der Waals surface area contributed by atoms with Gasteiger partial charge in [-0.15, -0.1) is 0 Å². The number of alkyl halides is 3. The van der Waals surface area contributed by atoms with Crippen LogP contribution in [-0.4, -0.2) is 100 Å². The number of aryl methyl sites for hydroxylation is 3. The van der Waals surface area contributed by atoms with Crippen molar-refractivity contribution in [3.8, 4) is 11.1 Å². The summed E-state index contributed by atoms with van der Waals surface area (Å²) in [5.74, 6) is -5.61. The van der Waals surface area contributed by atoms with E-state index >= 15 is 0 Å². The Balaban J connectivity index is 0.000000606. The van der Waals surface area contributed by atoms with E-state index in [2.05, 4.69) is 16.9 Å². The van der Waals surface area contributed by atoms with Crippen LogP contribution >= 0.6 is 0 Å². The second-order valence-electron chi connectivity index (χ2n) is 14.4. The van der Waals surface area contributed by atoms with Crippen LogP contribution in [0.4, 0.5) is 22.0 Å². The predicted molar refractivity (Wildman–Crippen MR) is 209 cm³/mol. The van der Waals surface area contributed by atoms with Gasteiger partial charge in [-0.05, 0) is 72.7 Å². The normalized spacial score (nSPS) is 14.6. The fraction of sp³-hybridized carbons (Fsp3) is 0.357. The van der Waals surface area contributed by atoms with E-state index in [-0.39, 0.29) is 42.3 Å². The lowest BCUT2D eigenvalue weighted by atomic mass is 10.00. The Labute approximate surface area is 340 Å². The number of fused-ring (bicyclic) bond motifs is 1. The van der Waals surface area contributed by atoms with Gasteiger partial charge in [-0.3, -0.25) is 14.3 Å². The molecule has 1 amide bonds. The molecule has 2 atom stereocenters. The van der Waals surface area contributed by atoms with E-state index in [4.69, 9.17) is 20.4 Å². The molecule has 3 heterocycles. The van der Waals surface area contributed by atoms with E-state index in [0.717, 1.165) is 61.8 Å². The first-order valence-electron chi connectivity index (χ1n) is 19.0. The maximum Gasteiger partial charge on any atom is 0.416 e. The number of hydrogen-bond acceptors (Lipinski definition) is 8. The zero-order valence-corrected chi connectivity index (χ0v) is 32.6. The van der Waals surface area contributed by atoms with Gasteiger partial charge in [-0.1, -0.05) is 55.5 Å². The Morgan fingerprint density at radius 2 is 1.47 bits per heavy atom. The number of nitrogens with zero attached hydrogens (tertiary/aromatic N) is 5. The average molecular weight is 842 g/mol. The van der Waals surface area contributed by atoms with Crippen LogP contribution in [0.1, 0.15) is 42.1 Å². The number of piperidine rings is 1. The number of halogens is 5. The minimum absolute atomic E-state index is 0.0525. The minimum Gasteiger partial charge on any atom is -0.479 e. The Bertz CT molecular complexity index is 2340. The number of benzene rings is 3. The highest BCUT2D eigenvalue weighted by molar-refractivity contribution is 5.83. The van der Waals surface area contributed by atoms with Crippen molar-refractivity contribution in [1.29, 1.82) is 0 Å². The SMILES string of the molecule is CCN1CCC(N(Cc2ccc(-c3ccc(C(F)(F)F)cc3)cc2)C(=O)Cn2c(CCc3cccc(F)c3F)cc(=O)c3cn(C)nc32)CC1.O=C(O)[C@H](O)[C@@H](O)C(=O)O. The lowest BCUT2D eigenvalue weighted by Crippen LogP contribution is -2.48. The lowest BCUT2D eigenvalue weighted by molar-refractivity contribution is -0.165. The van der Waals surface area contributed by atoms with Gasteiger partial charge in [-0.2, -0.15) is 18.3 Å². The lowest BCUT2D eigenvalue weighted by Gasteiger charge is -2.38. The van der Waals surface area contributed by atoms with Gasteiger partial charge < -0.3 is 34.8 Å². The smallest absolute Gasteiger partial charge is 0.416 e. The highest BCUT2D eigenvalue weighted by atomic mass is 19.4. The fourth-order valence-electron chi connectivity index (χ4n) is 7.00. The Kier molecular flexibility index (Phi) is 14.6. The first kappa shape index (κ1) is 45.1. The quantitative estimate of drug-likeness (QED) is 0.120. The zero-order valence-electron chi connectivity index (χ0n) is 32.6. The number of rotatable bonds is 13.